The number of aliphatic imine (C=N–C) groups is 2. The first kappa shape index (κ1) is 53.6. The maximum atomic E-state index is 7.05. The molecule has 8 bridgehead atoms. The summed E-state index contributed by atoms with van der Waals surface area (Å²) in [5.41, 5.74) is 4.50. The Labute approximate surface area is 446 Å². The molecule has 13 heteroatoms. The summed E-state index contributed by atoms with van der Waals surface area (Å²) in [4.78, 5) is 31.1. The van der Waals surface area contributed by atoms with E-state index in [0.29, 0.717) is 28.4 Å². The van der Waals surface area contributed by atoms with E-state index < -0.39 is 12.3 Å². The van der Waals surface area contributed by atoms with Crippen LogP contribution in [0.5, 0.6) is 23.0 Å². The Bertz CT molecular complexity index is 3110. The van der Waals surface area contributed by atoms with Crippen molar-refractivity contribution in [1.82, 2.24) is 9.97 Å². The van der Waals surface area contributed by atoms with Crippen molar-refractivity contribution < 1.29 is 39.4 Å². The van der Waals surface area contributed by atoms with Gasteiger partial charge in [0.1, 0.15) is 77.2 Å². The van der Waals surface area contributed by atoms with Crippen molar-refractivity contribution in [3.8, 4) is 23.0 Å². The summed E-state index contributed by atoms with van der Waals surface area (Å²) in [6.45, 7) is 35.4. The predicted octanol–water partition coefficient (Wildman–Crippen LogP) is 13.2. The zero-order chi connectivity index (χ0) is 51.4. The van der Waals surface area contributed by atoms with Gasteiger partial charge in [0.25, 0.3) is 0 Å². The molecule has 0 spiro atoms. The van der Waals surface area contributed by atoms with Gasteiger partial charge in [0, 0.05) is 47.7 Å². The number of anilines is 2. The maximum Gasteiger partial charge on any atom is 0.147 e. The third-order valence-corrected chi connectivity index (χ3v) is 14.4. The zero-order valence-electron chi connectivity index (χ0n) is 45.7. The Morgan fingerprint density at radius 2 is 0.904 bits per heavy atom. The number of fused-ring (bicyclic) bond motifs is 18. The Kier molecular flexibility index (Phi) is 15.9. The van der Waals surface area contributed by atoms with Gasteiger partial charge in [-0.15, -0.1) is 0 Å². The van der Waals surface area contributed by atoms with Gasteiger partial charge in [-0.25, -0.2) is 0 Å². The van der Waals surface area contributed by atoms with Crippen molar-refractivity contribution in [2.75, 3.05) is 10.6 Å². The zero-order valence-corrected chi connectivity index (χ0v) is 47.3. The number of aromatic amines is 1. The third-order valence-electron chi connectivity index (χ3n) is 14.4. The molecule has 9 rings (SSSR count). The Hall–Kier alpha value is -5.64. The summed E-state index contributed by atoms with van der Waals surface area (Å²) in [6, 6.07) is 24.7. The van der Waals surface area contributed by atoms with Gasteiger partial charge >= 0.3 is 0 Å². The van der Waals surface area contributed by atoms with E-state index in [9.17, 15) is 0 Å². The molecule has 0 radical (unpaired) electrons. The van der Waals surface area contributed by atoms with Gasteiger partial charge in [-0.05, 0) is 82.6 Å². The second-order valence-corrected chi connectivity index (χ2v) is 22.9. The molecule has 3 N–H and O–H groups in total. The molecule has 2 aromatic heterocycles. The summed E-state index contributed by atoms with van der Waals surface area (Å²) in [6.07, 6.45) is -1.44. The molecule has 0 fully saturated rings. The molecular formula is C60H77N8O4Pd-. The van der Waals surface area contributed by atoms with Crippen molar-refractivity contribution in [3.05, 3.63) is 106 Å². The van der Waals surface area contributed by atoms with E-state index in [2.05, 4.69) is 175 Å². The minimum absolute atomic E-state index is 0. The quantitative estimate of drug-likeness (QED) is 0.0820. The number of H-pyrrole nitrogens is 1. The average molecular weight is 1080 g/mol. The second kappa shape index (κ2) is 21.7. The fraction of sp³-hybridized carbons (Fsp3) is 0.500. The van der Waals surface area contributed by atoms with Gasteiger partial charge in [0.2, 0.25) is 0 Å². The molecular weight excluding hydrogens is 1000 g/mol. The third kappa shape index (κ3) is 10.4. The van der Waals surface area contributed by atoms with E-state index in [1.165, 1.54) is 0 Å². The number of benzene rings is 4. The molecule has 12 nitrogen and oxygen atoms in total. The van der Waals surface area contributed by atoms with Crippen LogP contribution in [0.25, 0.3) is 21.5 Å². The van der Waals surface area contributed by atoms with Crippen molar-refractivity contribution in [2.45, 2.75) is 148 Å². The molecule has 0 amide bonds. The summed E-state index contributed by atoms with van der Waals surface area (Å²) >= 11 is 0. The fourth-order valence-electron chi connectivity index (χ4n) is 11.4. The van der Waals surface area contributed by atoms with E-state index in [-0.39, 0.29) is 92.2 Å². The second-order valence-electron chi connectivity index (χ2n) is 22.9. The number of nitrogens with one attached hydrogen (secondary N) is 3. The molecule has 0 saturated heterocycles. The first-order valence-corrected chi connectivity index (χ1v) is 26.6. The van der Waals surface area contributed by atoms with Gasteiger partial charge in [0.05, 0.1) is 22.3 Å². The molecule has 6 aromatic rings. The Balaban J connectivity index is 0.00000711. The number of amidine groups is 2. The molecule has 73 heavy (non-hydrogen) atoms. The van der Waals surface area contributed by atoms with Crippen LogP contribution in [0.3, 0.4) is 0 Å². The SMILES string of the molecule is CC(C)C(Oc1cccc2c1C1=NC2/N=c2\[n-]c(c3cccc(OC(C(C)C)C(C)C)c23)=NC2=NC(Nc3[nH]c(c4cccc(OC(C(C)C)C(C)C)c34)N1)c1cccc(OC(C(C)C)C(C)C)c12)C(C)C.[Pd]. The first-order chi connectivity index (χ1) is 34.3. The smallest absolute Gasteiger partial charge is 0.147 e. The van der Waals surface area contributed by atoms with Gasteiger partial charge in [-0.2, -0.15) is 0 Å². The molecule has 3 aliphatic rings. The topological polar surface area (TPSA) is 140 Å². The van der Waals surface area contributed by atoms with E-state index >= 15 is 0 Å². The Morgan fingerprint density at radius 1 is 0.452 bits per heavy atom. The molecule has 5 heterocycles. The van der Waals surface area contributed by atoms with Crippen molar-refractivity contribution in [3.63, 3.8) is 0 Å². The Morgan fingerprint density at radius 3 is 1.44 bits per heavy atom. The molecule has 4 aromatic carbocycles. The average Bonchev–Trinajstić information content (AvgIpc) is 4.06. The van der Waals surface area contributed by atoms with Crippen LogP contribution in [0.4, 0.5) is 11.6 Å². The van der Waals surface area contributed by atoms with Crippen LogP contribution in [-0.2, 0) is 20.4 Å². The maximum absolute atomic E-state index is 7.05. The fourth-order valence-corrected chi connectivity index (χ4v) is 11.4. The van der Waals surface area contributed by atoms with Crippen molar-refractivity contribution in [1.29, 1.82) is 0 Å². The molecule has 392 valence electrons. The standard InChI is InChI=1S/C60H77N8O4.Pd/c1-29(2)49(30(3)4)69-41-25-17-21-37-45(41)57-61-53(37)66-58-47-39(23-19-27-43(47)71-51(33(9)10)34(11)12)55(63-58)68-60-48-40(24-20-28-44(48)72-52(35(13)14)36(15)16)56(64-60)67-59-46-38(54(62-59)65-57)22-18-26-42(46)70-50(31(5)6)32(7)8;/h17-36,49-53,56,62,67H,1-16H3,(H-,61,63,64,65,66,68);/q-1;. The van der Waals surface area contributed by atoms with E-state index in [0.717, 1.165) is 72.7 Å². The van der Waals surface area contributed by atoms with Crippen LogP contribution in [0.2, 0.25) is 0 Å². The normalized spacial score (nSPS) is 16.7. The van der Waals surface area contributed by atoms with Gasteiger partial charge in [-0.3, -0.25) is 9.98 Å². The van der Waals surface area contributed by atoms with E-state index in [1.54, 1.807) is 0 Å². The number of nitrogens with zero attached hydrogens (tertiary/aromatic N) is 5. The summed E-state index contributed by atoms with van der Waals surface area (Å²) in [5, 5.41) is 11.1. The van der Waals surface area contributed by atoms with E-state index in [4.69, 9.17) is 43.9 Å². The number of hydrogen-bond donors (Lipinski definition) is 3. The number of rotatable bonds is 16. The number of ether oxygens (including phenoxy) is 4. The predicted molar refractivity (Wildman–Crippen MR) is 293 cm³/mol. The first-order valence-electron chi connectivity index (χ1n) is 26.6. The molecule has 0 saturated carbocycles. The van der Waals surface area contributed by atoms with Crippen LogP contribution in [0, 0.1) is 47.3 Å². The molecule has 2 unspecified atom stereocenters. The summed E-state index contributed by atoms with van der Waals surface area (Å²) < 4.78 is 28.1. The number of hydrogen-bond acceptors (Lipinski definition) is 10. The van der Waals surface area contributed by atoms with Crippen LogP contribution in [0.15, 0.2) is 92.8 Å². The molecule has 3 aliphatic heterocycles. The van der Waals surface area contributed by atoms with Gasteiger partial charge in [0.15, 0.2) is 0 Å². The summed E-state index contributed by atoms with van der Waals surface area (Å²) in [5.74, 6) is 7.69. The van der Waals surface area contributed by atoms with Crippen molar-refractivity contribution >= 4 is 44.9 Å². The molecule has 0 aliphatic carbocycles. The van der Waals surface area contributed by atoms with Gasteiger partial charge in [-0.1, -0.05) is 159 Å². The minimum Gasteiger partial charge on any atom is -0.489 e. The van der Waals surface area contributed by atoms with Crippen LogP contribution in [0.1, 0.15) is 145 Å². The largest absolute Gasteiger partial charge is 0.489 e. The monoisotopic (exact) mass is 1080 g/mol. The molecule has 2 atom stereocenters. The van der Waals surface area contributed by atoms with Crippen LogP contribution >= 0.6 is 0 Å². The van der Waals surface area contributed by atoms with E-state index in [1.807, 2.05) is 24.3 Å². The van der Waals surface area contributed by atoms with Crippen molar-refractivity contribution in [2.24, 2.45) is 67.3 Å². The summed E-state index contributed by atoms with van der Waals surface area (Å²) in [7, 11) is 0. The minimum atomic E-state index is -0.686. The van der Waals surface area contributed by atoms with Crippen LogP contribution < -0.4 is 45.5 Å². The van der Waals surface area contributed by atoms with Crippen LogP contribution in [-0.4, -0.2) is 41.1 Å². The van der Waals surface area contributed by atoms with Gasteiger partial charge < -0.3 is 49.5 Å². The number of aromatic nitrogens is 2.